The average molecular weight is 219 g/mol. The highest BCUT2D eigenvalue weighted by Gasteiger charge is 2.07. The fourth-order valence-electron chi connectivity index (χ4n) is 1.02. The summed E-state index contributed by atoms with van der Waals surface area (Å²) in [7, 11) is 0. The van der Waals surface area contributed by atoms with E-state index in [1.54, 1.807) is 18.2 Å². The van der Waals surface area contributed by atoms with Crippen molar-refractivity contribution in [2.24, 2.45) is 10.9 Å². The molecule has 0 saturated heterocycles. The summed E-state index contributed by atoms with van der Waals surface area (Å²) in [4.78, 5) is 16.0. The van der Waals surface area contributed by atoms with E-state index in [0.29, 0.717) is 11.4 Å². The van der Waals surface area contributed by atoms with E-state index in [-0.39, 0.29) is 5.56 Å². The van der Waals surface area contributed by atoms with Crippen molar-refractivity contribution in [2.75, 3.05) is 5.73 Å². The molecule has 16 heavy (non-hydrogen) atoms. The van der Waals surface area contributed by atoms with Gasteiger partial charge in [0.2, 0.25) is 0 Å². The summed E-state index contributed by atoms with van der Waals surface area (Å²) in [6.07, 6.45) is 5.01. The van der Waals surface area contributed by atoms with Gasteiger partial charge in [-0.2, -0.15) is 0 Å². The van der Waals surface area contributed by atoms with E-state index in [1.165, 1.54) is 12.3 Å². The van der Waals surface area contributed by atoms with Crippen LogP contribution in [0.3, 0.4) is 0 Å². The Morgan fingerprint density at radius 3 is 2.88 bits per heavy atom. The Balaban J connectivity index is 2.83. The van der Waals surface area contributed by atoms with E-state index in [0.717, 1.165) is 0 Å². The molecule has 0 atom stereocenters. The first-order valence-electron chi connectivity index (χ1n) is 4.66. The molecule has 0 fully saturated rings. The van der Waals surface area contributed by atoms with Gasteiger partial charge in [-0.15, -0.1) is 0 Å². The number of hydrogen-bond acceptors (Lipinski definition) is 4. The highest BCUT2D eigenvalue weighted by atomic mass is 16.6. The number of nitrogen functional groups attached to an aromatic ring is 1. The highest BCUT2D eigenvalue weighted by Crippen LogP contribution is 2.19. The van der Waals surface area contributed by atoms with Crippen LogP contribution in [0.2, 0.25) is 0 Å². The Labute approximate surface area is 93.4 Å². The maximum atomic E-state index is 11.0. The third-order valence-corrected chi connectivity index (χ3v) is 1.79. The zero-order valence-corrected chi connectivity index (χ0v) is 8.88. The first-order chi connectivity index (χ1) is 7.65. The molecule has 1 amide bonds. The minimum Gasteiger partial charge on any atom is -0.398 e. The summed E-state index contributed by atoms with van der Waals surface area (Å²) in [6, 6.07) is 4.60. The van der Waals surface area contributed by atoms with Crippen molar-refractivity contribution in [3.8, 4) is 5.75 Å². The highest BCUT2D eigenvalue weighted by molar-refractivity contribution is 5.98. The van der Waals surface area contributed by atoms with Crippen LogP contribution in [-0.2, 0) is 0 Å². The molecule has 0 bridgehead atoms. The monoisotopic (exact) mass is 219 g/mol. The van der Waals surface area contributed by atoms with Crippen molar-refractivity contribution in [1.82, 2.24) is 0 Å². The van der Waals surface area contributed by atoms with Crippen molar-refractivity contribution in [1.29, 1.82) is 0 Å². The number of carbonyl (C=O) groups excluding carboxylic acids is 1. The fourth-order valence-corrected chi connectivity index (χ4v) is 1.02. The van der Waals surface area contributed by atoms with Gasteiger partial charge in [0.05, 0.1) is 11.8 Å². The Morgan fingerprint density at radius 1 is 1.50 bits per heavy atom. The molecular formula is C11H13N3O2. The summed E-state index contributed by atoms with van der Waals surface area (Å²) in [5.41, 5.74) is 11.2. The number of oxime groups is 1. The van der Waals surface area contributed by atoms with Crippen LogP contribution in [0.25, 0.3) is 0 Å². The lowest BCUT2D eigenvalue weighted by Crippen LogP contribution is -2.13. The molecule has 5 nitrogen and oxygen atoms in total. The fraction of sp³-hybridized carbons (Fsp3) is 0.0909. The van der Waals surface area contributed by atoms with Gasteiger partial charge in [-0.25, -0.2) is 0 Å². The van der Waals surface area contributed by atoms with Crippen LogP contribution < -0.4 is 16.3 Å². The number of nitrogens with zero attached hydrogens (tertiary/aromatic N) is 1. The number of carbonyl (C=O) groups is 1. The van der Waals surface area contributed by atoms with E-state index in [1.807, 2.05) is 13.0 Å². The van der Waals surface area contributed by atoms with Gasteiger partial charge in [-0.3, -0.25) is 4.79 Å². The molecule has 4 N–H and O–H groups in total. The number of allylic oxidation sites excluding steroid dienone is 2. The van der Waals surface area contributed by atoms with Crippen LogP contribution in [0.1, 0.15) is 17.3 Å². The van der Waals surface area contributed by atoms with Crippen LogP contribution >= 0.6 is 0 Å². The van der Waals surface area contributed by atoms with E-state index in [2.05, 4.69) is 5.16 Å². The second-order valence-electron chi connectivity index (χ2n) is 2.98. The molecule has 1 rings (SSSR count). The first-order valence-corrected chi connectivity index (χ1v) is 4.66. The molecular weight excluding hydrogens is 206 g/mol. The minimum atomic E-state index is -0.597. The lowest BCUT2D eigenvalue weighted by atomic mass is 10.1. The molecule has 0 spiro atoms. The molecule has 0 unspecified atom stereocenters. The van der Waals surface area contributed by atoms with Gasteiger partial charge >= 0.3 is 0 Å². The molecule has 84 valence electrons. The van der Waals surface area contributed by atoms with Crippen LogP contribution in [0.15, 0.2) is 35.5 Å². The molecule has 5 heteroatoms. The number of primary amides is 1. The van der Waals surface area contributed by atoms with Gasteiger partial charge in [-0.05, 0) is 31.2 Å². The van der Waals surface area contributed by atoms with Crippen LogP contribution in [0, 0.1) is 0 Å². The molecule has 1 aromatic rings. The van der Waals surface area contributed by atoms with Crippen molar-refractivity contribution in [3.05, 3.63) is 35.9 Å². The Kier molecular flexibility index (Phi) is 4.08. The third kappa shape index (κ3) is 3.13. The summed E-state index contributed by atoms with van der Waals surface area (Å²) < 4.78 is 0. The number of rotatable bonds is 4. The van der Waals surface area contributed by atoms with Crippen molar-refractivity contribution in [3.63, 3.8) is 0 Å². The lowest BCUT2D eigenvalue weighted by molar-refractivity contribution is 0.100. The first kappa shape index (κ1) is 11.8. The largest absolute Gasteiger partial charge is 0.398 e. The second kappa shape index (κ2) is 5.55. The second-order valence-corrected chi connectivity index (χ2v) is 2.98. The number of nitrogens with two attached hydrogens (primary N) is 2. The maximum Gasteiger partial charge on any atom is 0.250 e. The number of benzene rings is 1. The summed E-state index contributed by atoms with van der Waals surface area (Å²) in [6.45, 7) is 1.86. The molecule has 0 aliphatic rings. The van der Waals surface area contributed by atoms with Crippen LogP contribution in [0.4, 0.5) is 5.69 Å². The van der Waals surface area contributed by atoms with Crippen LogP contribution in [-0.4, -0.2) is 12.1 Å². The molecule has 0 aromatic heterocycles. The van der Waals surface area contributed by atoms with Crippen LogP contribution in [0.5, 0.6) is 5.75 Å². The van der Waals surface area contributed by atoms with E-state index < -0.39 is 5.91 Å². The molecule has 0 aliphatic carbocycles. The average Bonchev–Trinajstić information content (AvgIpc) is 2.26. The van der Waals surface area contributed by atoms with Gasteiger partial charge in [0.15, 0.2) is 5.75 Å². The smallest absolute Gasteiger partial charge is 0.250 e. The topological polar surface area (TPSA) is 90.7 Å². The van der Waals surface area contributed by atoms with Gasteiger partial charge in [-0.1, -0.05) is 11.2 Å². The predicted molar refractivity (Wildman–Crippen MR) is 63.3 cm³/mol. The maximum absolute atomic E-state index is 11.0. The van der Waals surface area contributed by atoms with Gasteiger partial charge in [0, 0.05) is 5.69 Å². The molecule has 0 saturated carbocycles. The van der Waals surface area contributed by atoms with Crippen molar-refractivity contribution < 1.29 is 9.63 Å². The standard InChI is InChI=1S/C11H13N3O2/c1-2-3-6-14-16-8-4-5-10(12)9(7-8)11(13)15/h2-7H,12H2,1H3,(H2,13,15)/b3-2-,14-6-. The summed E-state index contributed by atoms with van der Waals surface area (Å²) in [5, 5.41) is 3.66. The Bertz CT molecular complexity index is 439. The minimum absolute atomic E-state index is 0.221. The molecule has 0 radical (unpaired) electrons. The third-order valence-electron chi connectivity index (χ3n) is 1.79. The predicted octanol–water partition coefficient (Wildman–Crippen LogP) is 1.31. The molecule has 0 aliphatic heterocycles. The molecule has 0 heterocycles. The Morgan fingerprint density at radius 2 is 2.25 bits per heavy atom. The normalized spacial score (nSPS) is 11.1. The van der Waals surface area contributed by atoms with E-state index in [4.69, 9.17) is 16.3 Å². The number of hydrogen-bond donors (Lipinski definition) is 2. The summed E-state index contributed by atoms with van der Waals surface area (Å²) in [5.74, 6) is -0.191. The van der Waals surface area contributed by atoms with Gasteiger partial charge < -0.3 is 16.3 Å². The quantitative estimate of drug-likeness (QED) is 0.454. The van der Waals surface area contributed by atoms with E-state index >= 15 is 0 Å². The van der Waals surface area contributed by atoms with Crippen molar-refractivity contribution >= 4 is 17.8 Å². The SMILES string of the molecule is C/C=C\C=N/Oc1ccc(N)c(C(N)=O)c1. The molecule has 1 aromatic carbocycles. The zero-order chi connectivity index (χ0) is 12.0. The Hall–Kier alpha value is -2.30. The number of anilines is 1. The van der Waals surface area contributed by atoms with Gasteiger partial charge in [0.25, 0.3) is 5.91 Å². The number of amides is 1. The van der Waals surface area contributed by atoms with Gasteiger partial charge in [0.1, 0.15) is 0 Å². The zero-order valence-electron chi connectivity index (χ0n) is 8.88. The lowest BCUT2D eigenvalue weighted by Gasteiger charge is -2.03. The van der Waals surface area contributed by atoms with Crippen molar-refractivity contribution in [2.45, 2.75) is 6.92 Å². The van der Waals surface area contributed by atoms with E-state index in [9.17, 15) is 4.79 Å². The summed E-state index contributed by atoms with van der Waals surface area (Å²) >= 11 is 0.